The molecule has 1 aromatic rings. The van der Waals surface area contributed by atoms with Gasteiger partial charge >= 0.3 is 0 Å². The number of nitrogens with two attached hydrogens (primary N) is 1. The summed E-state index contributed by atoms with van der Waals surface area (Å²) in [6, 6.07) is 5.86. The highest BCUT2D eigenvalue weighted by Gasteiger charge is 2.30. The number of hydrogen-bond donors (Lipinski definition) is 1. The van der Waals surface area contributed by atoms with Crippen molar-refractivity contribution in [1.29, 1.82) is 0 Å². The maximum Gasteiger partial charge on any atom is 0.269 e. The molecule has 1 aliphatic rings. The first kappa shape index (κ1) is 13.5. The number of nitro benzene ring substituents is 1. The van der Waals surface area contributed by atoms with Crippen molar-refractivity contribution in [3.8, 4) is 0 Å². The van der Waals surface area contributed by atoms with Gasteiger partial charge < -0.3 is 10.6 Å². The van der Waals surface area contributed by atoms with E-state index < -0.39 is 4.92 Å². The molecule has 1 fully saturated rings. The van der Waals surface area contributed by atoms with E-state index in [1.54, 1.807) is 24.1 Å². The number of hydrogen-bond acceptors (Lipinski definition) is 4. The summed E-state index contributed by atoms with van der Waals surface area (Å²) in [6.45, 7) is 0. The molecule has 2 unspecified atom stereocenters. The van der Waals surface area contributed by atoms with Crippen molar-refractivity contribution in [2.24, 2.45) is 5.73 Å². The minimum atomic E-state index is -0.437. The highest BCUT2D eigenvalue weighted by atomic mass is 16.6. The topological polar surface area (TPSA) is 89.5 Å². The third-order valence-electron chi connectivity index (χ3n) is 3.57. The number of nitro groups is 1. The summed E-state index contributed by atoms with van der Waals surface area (Å²) in [5.41, 5.74) is 6.87. The summed E-state index contributed by atoms with van der Waals surface area (Å²) in [7, 11) is 1.71. The molecule has 19 heavy (non-hydrogen) atoms. The van der Waals surface area contributed by atoms with Crippen molar-refractivity contribution in [3.05, 3.63) is 39.9 Å². The van der Waals surface area contributed by atoms with Gasteiger partial charge in [-0.15, -0.1) is 0 Å². The van der Waals surface area contributed by atoms with E-state index >= 15 is 0 Å². The van der Waals surface area contributed by atoms with Crippen molar-refractivity contribution >= 4 is 11.6 Å². The number of non-ortho nitro benzene ring substituents is 1. The minimum Gasteiger partial charge on any atom is -0.337 e. The lowest BCUT2D eigenvalue weighted by Gasteiger charge is -2.30. The van der Waals surface area contributed by atoms with Gasteiger partial charge in [0, 0.05) is 31.6 Å². The average Bonchev–Trinajstić information content (AvgIpc) is 2.50. The van der Waals surface area contributed by atoms with Gasteiger partial charge in [0.15, 0.2) is 0 Å². The normalized spacial score (nSPS) is 24.1. The van der Waals surface area contributed by atoms with E-state index in [9.17, 15) is 14.9 Å². The van der Waals surface area contributed by atoms with Crippen LogP contribution in [0.1, 0.15) is 30.9 Å². The number of likely N-dealkylation sites (N-methyl/N-ethyl adjacent to an activating group) is 1. The number of benzene rings is 1. The molecular weight excluding hydrogens is 246 g/mol. The van der Waals surface area contributed by atoms with Crippen LogP contribution in [0.15, 0.2) is 24.3 Å². The van der Waals surface area contributed by atoms with E-state index in [-0.39, 0.29) is 23.7 Å². The van der Waals surface area contributed by atoms with Crippen LogP contribution in [0.25, 0.3) is 0 Å². The largest absolute Gasteiger partial charge is 0.337 e. The molecule has 6 nitrogen and oxygen atoms in total. The number of likely N-dealkylation sites (tertiary alicyclic amines) is 1. The van der Waals surface area contributed by atoms with E-state index in [2.05, 4.69) is 0 Å². The Labute approximate surface area is 111 Å². The fraction of sp³-hybridized carbons (Fsp3) is 0.462. The van der Waals surface area contributed by atoms with E-state index in [1.165, 1.54) is 12.1 Å². The molecule has 2 rings (SSSR count). The van der Waals surface area contributed by atoms with Crippen molar-refractivity contribution in [3.63, 3.8) is 0 Å². The molecule has 1 aromatic carbocycles. The van der Waals surface area contributed by atoms with Gasteiger partial charge in [0.1, 0.15) is 0 Å². The molecular formula is C13H17N3O3. The van der Waals surface area contributed by atoms with Crippen LogP contribution in [-0.2, 0) is 4.79 Å². The molecule has 0 bridgehead atoms. The van der Waals surface area contributed by atoms with Crippen LogP contribution in [0.2, 0.25) is 0 Å². The maximum absolute atomic E-state index is 11.9. The summed E-state index contributed by atoms with van der Waals surface area (Å²) in [4.78, 5) is 23.9. The quantitative estimate of drug-likeness (QED) is 0.648. The molecule has 0 spiro atoms. The molecule has 1 saturated heterocycles. The van der Waals surface area contributed by atoms with E-state index in [4.69, 9.17) is 5.73 Å². The van der Waals surface area contributed by atoms with Crippen molar-refractivity contribution in [2.75, 3.05) is 7.05 Å². The van der Waals surface area contributed by atoms with Gasteiger partial charge in [-0.25, -0.2) is 0 Å². The van der Waals surface area contributed by atoms with Gasteiger partial charge in [0.25, 0.3) is 5.69 Å². The molecule has 0 radical (unpaired) electrons. The number of amides is 1. The van der Waals surface area contributed by atoms with Gasteiger partial charge in [-0.1, -0.05) is 12.1 Å². The highest BCUT2D eigenvalue weighted by Crippen LogP contribution is 2.30. The maximum atomic E-state index is 11.9. The van der Waals surface area contributed by atoms with Crippen LogP contribution < -0.4 is 5.73 Å². The van der Waals surface area contributed by atoms with Gasteiger partial charge in [-0.05, 0) is 18.4 Å². The predicted molar refractivity (Wildman–Crippen MR) is 70.4 cm³/mol. The molecule has 0 saturated carbocycles. The molecule has 0 aromatic heterocycles. The van der Waals surface area contributed by atoms with Crippen LogP contribution in [-0.4, -0.2) is 28.8 Å². The van der Waals surface area contributed by atoms with Crippen molar-refractivity contribution in [1.82, 2.24) is 4.90 Å². The number of carbonyl (C=O) groups excluding carboxylic acids is 1. The highest BCUT2D eigenvalue weighted by molar-refractivity contribution is 5.76. The van der Waals surface area contributed by atoms with Crippen LogP contribution in [0, 0.1) is 10.1 Å². The molecule has 2 atom stereocenters. The summed E-state index contributed by atoms with van der Waals surface area (Å²) < 4.78 is 0. The summed E-state index contributed by atoms with van der Waals surface area (Å²) in [6.07, 6.45) is 1.98. The Kier molecular flexibility index (Phi) is 3.80. The van der Waals surface area contributed by atoms with Gasteiger partial charge in [-0.3, -0.25) is 14.9 Å². The zero-order chi connectivity index (χ0) is 14.0. The summed E-state index contributed by atoms with van der Waals surface area (Å²) >= 11 is 0. The van der Waals surface area contributed by atoms with Gasteiger partial charge in [-0.2, -0.15) is 0 Å². The molecule has 1 heterocycles. The standard InChI is InChI=1S/C13H17N3O3/c1-15-12(17)7-3-6-11(14)13(15)9-4-2-5-10(8-9)16(18)19/h2,4-5,8,11,13H,3,6-7,14H2,1H3. The predicted octanol–water partition coefficient (Wildman–Crippen LogP) is 1.61. The Bertz CT molecular complexity index is 504. The Hall–Kier alpha value is -1.95. The SMILES string of the molecule is CN1C(=O)CCCC(N)C1c1cccc([N+](=O)[O-])c1. The summed E-state index contributed by atoms with van der Waals surface area (Å²) in [5.74, 6) is 0.0319. The second-order valence-electron chi connectivity index (χ2n) is 4.86. The first-order valence-corrected chi connectivity index (χ1v) is 6.26. The van der Waals surface area contributed by atoms with Crippen LogP contribution >= 0.6 is 0 Å². The van der Waals surface area contributed by atoms with Crippen molar-refractivity contribution < 1.29 is 9.72 Å². The van der Waals surface area contributed by atoms with Crippen LogP contribution in [0.5, 0.6) is 0 Å². The number of nitrogens with zero attached hydrogens (tertiary/aromatic N) is 2. The minimum absolute atomic E-state index is 0.0230. The zero-order valence-electron chi connectivity index (χ0n) is 10.8. The second-order valence-corrected chi connectivity index (χ2v) is 4.86. The van der Waals surface area contributed by atoms with Crippen LogP contribution in [0.3, 0.4) is 0 Å². The smallest absolute Gasteiger partial charge is 0.269 e. The monoisotopic (exact) mass is 263 g/mol. The first-order valence-electron chi connectivity index (χ1n) is 6.26. The lowest BCUT2D eigenvalue weighted by atomic mass is 9.96. The van der Waals surface area contributed by atoms with Crippen LogP contribution in [0.4, 0.5) is 5.69 Å². The van der Waals surface area contributed by atoms with E-state index in [0.717, 1.165) is 18.4 Å². The van der Waals surface area contributed by atoms with Gasteiger partial charge in [0.2, 0.25) is 5.91 Å². The Morgan fingerprint density at radius 3 is 2.89 bits per heavy atom. The Balaban J connectivity index is 2.39. The fourth-order valence-electron chi connectivity index (χ4n) is 2.56. The van der Waals surface area contributed by atoms with Gasteiger partial charge in [0.05, 0.1) is 11.0 Å². The zero-order valence-corrected chi connectivity index (χ0v) is 10.8. The lowest BCUT2D eigenvalue weighted by Crippen LogP contribution is -2.39. The number of rotatable bonds is 2. The Morgan fingerprint density at radius 1 is 1.47 bits per heavy atom. The first-order chi connectivity index (χ1) is 9.00. The third kappa shape index (κ3) is 2.73. The average molecular weight is 263 g/mol. The summed E-state index contributed by atoms with van der Waals surface area (Å²) in [5, 5.41) is 10.8. The molecule has 1 amide bonds. The molecule has 1 aliphatic heterocycles. The van der Waals surface area contributed by atoms with E-state index in [0.29, 0.717) is 6.42 Å². The van der Waals surface area contributed by atoms with Crippen molar-refractivity contribution in [2.45, 2.75) is 31.3 Å². The second kappa shape index (κ2) is 5.36. The lowest BCUT2D eigenvalue weighted by molar-refractivity contribution is -0.385. The number of carbonyl (C=O) groups is 1. The third-order valence-corrected chi connectivity index (χ3v) is 3.57. The van der Waals surface area contributed by atoms with E-state index in [1.807, 2.05) is 0 Å². The molecule has 2 N–H and O–H groups in total. The molecule has 6 heteroatoms. The Morgan fingerprint density at radius 2 is 2.21 bits per heavy atom. The fourth-order valence-corrected chi connectivity index (χ4v) is 2.56. The molecule has 102 valence electrons. The molecule has 0 aliphatic carbocycles.